The van der Waals surface area contributed by atoms with Gasteiger partial charge in [0.25, 0.3) is 5.54 Å². The average molecular weight is 566 g/mol. The fourth-order valence-corrected chi connectivity index (χ4v) is 6.64. The summed E-state index contributed by atoms with van der Waals surface area (Å²) in [5.74, 6) is -1.91. The smallest absolute Gasteiger partial charge is 0.342 e. The minimum absolute atomic E-state index is 0.0899. The molecule has 0 saturated carbocycles. The number of benzene rings is 3. The van der Waals surface area contributed by atoms with Gasteiger partial charge in [-0.2, -0.15) is 0 Å². The largest absolute Gasteiger partial charge is 0.464 e. The Kier molecular flexibility index (Phi) is 8.77. The van der Waals surface area contributed by atoms with Crippen molar-refractivity contribution in [1.29, 1.82) is 0 Å². The highest BCUT2D eigenvalue weighted by Gasteiger charge is 2.71. The highest BCUT2D eigenvalue weighted by atomic mass is 32.2. The molecule has 1 aliphatic heterocycles. The van der Waals surface area contributed by atoms with E-state index in [9.17, 15) is 18.0 Å². The lowest BCUT2D eigenvalue weighted by molar-refractivity contribution is -0.172. The number of rotatable bonds is 9. The number of nitrogens with zero attached hydrogens (tertiary/aromatic N) is 1. The molecule has 8 nitrogen and oxygen atoms in total. The number of carbonyl (C=O) groups excluding carboxylic acids is 2. The summed E-state index contributed by atoms with van der Waals surface area (Å²) in [6, 6.07) is 22.1. The first-order valence-corrected chi connectivity index (χ1v) is 14.8. The molecule has 0 aliphatic carbocycles. The van der Waals surface area contributed by atoms with Gasteiger partial charge in [0.2, 0.25) is 10.0 Å². The van der Waals surface area contributed by atoms with E-state index < -0.39 is 39.8 Å². The maximum absolute atomic E-state index is 14.5. The van der Waals surface area contributed by atoms with Crippen LogP contribution in [0, 0.1) is 6.92 Å². The predicted octanol–water partition coefficient (Wildman–Crippen LogP) is 5.44. The van der Waals surface area contributed by atoms with Gasteiger partial charge in [0.05, 0.1) is 18.1 Å². The third-order valence-corrected chi connectivity index (χ3v) is 8.81. The lowest BCUT2D eigenvalue weighted by Gasteiger charge is -2.36. The molecule has 0 radical (unpaired) electrons. The normalized spacial score (nSPS) is 18.9. The van der Waals surface area contributed by atoms with Crippen molar-refractivity contribution < 1.29 is 32.2 Å². The molecule has 1 aliphatic rings. The number of carbonyl (C=O) groups is 2. The predicted molar refractivity (Wildman–Crippen MR) is 150 cm³/mol. The first-order valence-electron chi connectivity index (χ1n) is 13.3. The number of hydrogen-bond acceptors (Lipinski definition) is 7. The number of esters is 2. The van der Waals surface area contributed by atoms with Crippen LogP contribution in [-0.2, 0) is 33.8 Å². The molecular formula is C31H35NO7S. The summed E-state index contributed by atoms with van der Waals surface area (Å²) in [6.07, 6.45) is -2.70. The molecular weight excluding hydrogens is 530 g/mol. The molecule has 0 unspecified atom stereocenters. The molecule has 0 aromatic heterocycles. The van der Waals surface area contributed by atoms with E-state index in [1.807, 2.05) is 32.9 Å². The van der Waals surface area contributed by atoms with Crippen molar-refractivity contribution in [2.45, 2.75) is 63.3 Å². The summed E-state index contributed by atoms with van der Waals surface area (Å²) >= 11 is 0. The van der Waals surface area contributed by atoms with Crippen LogP contribution in [0.4, 0.5) is 0 Å². The molecule has 1 heterocycles. The minimum atomic E-state index is -4.54. The van der Waals surface area contributed by atoms with Crippen LogP contribution >= 0.6 is 0 Å². The van der Waals surface area contributed by atoms with E-state index in [4.69, 9.17) is 14.2 Å². The van der Waals surface area contributed by atoms with Crippen LogP contribution in [0.2, 0.25) is 0 Å². The Morgan fingerprint density at radius 1 is 0.850 bits per heavy atom. The molecule has 3 aromatic rings. The lowest BCUT2D eigenvalue weighted by Crippen LogP contribution is -2.62. The maximum atomic E-state index is 14.5. The second-order valence-corrected chi connectivity index (χ2v) is 11.7. The van der Waals surface area contributed by atoms with Crippen LogP contribution < -0.4 is 0 Å². The highest BCUT2D eigenvalue weighted by Crippen LogP contribution is 2.53. The van der Waals surface area contributed by atoms with Crippen molar-refractivity contribution in [3.63, 3.8) is 0 Å². The van der Waals surface area contributed by atoms with Crippen molar-refractivity contribution >= 4 is 22.0 Å². The highest BCUT2D eigenvalue weighted by molar-refractivity contribution is 7.89. The van der Waals surface area contributed by atoms with Crippen LogP contribution in [0.15, 0.2) is 83.8 Å². The van der Waals surface area contributed by atoms with Gasteiger partial charge in [-0.25, -0.2) is 18.0 Å². The van der Waals surface area contributed by atoms with E-state index in [-0.39, 0.29) is 24.0 Å². The summed E-state index contributed by atoms with van der Waals surface area (Å²) in [7, 11) is -4.54. The van der Waals surface area contributed by atoms with Gasteiger partial charge in [-0.1, -0.05) is 86.1 Å². The third-order valence-electron chi connectivity index (χ3n) is 6.95. The van der Waals surface area contributed by atoms with Gasteiger partial charge in [-0.3, -0.25) is 0 Å². The Bertz CT molecular complexity index is 1420. The van der Waals surface area contributed by atoms with E-state index in [1.54, 1.807) is 68.4 Å². The van der Waals surface area contributed by atoms with Gasteiger partial charge in [0.15, 0.2) is 6.23 Å². The summed E-state index contributed by atoms with van der Waals surface area (Å²) in [5.41, 5.74) is 0.255. The molecule has 0 N–H and O–H groups in total. The zero-order chi connectivity index (χ0) is 29.1. The van der Waals surface area contributed by atoms with Gasteiger partial charge >= 0.3 is 11.9 Å². The summed E-state index contributed by atoms with van der Waals surface area (Å²) < 4.78 is 47.2. The molecule has 212 valence electrons. The van der Waals surface area contributed by atoms with Gasteiger partial charge < -0.3 is 14.2 Å². The number of sulfonamides is 1. The van der Waals surface area contributed by atoms with Crippen molar-refractivity contribution in [3.8, 4) is 0 Å². The topological polar surface area (TPSA) is 99.2 Å². The molecule has 2 atom stereocenters. The fourth-order valence-electron chi connectivity index (χ4n) is 4.89. The minimum Gasteiger partial charge on any atom is -0.464 e. The standard InChI is InChI=1S/C31H35NO7S/c1-6-37-29(33)31(30(34)38-7-2)27(24-17-15-23(16-18-24)21(3)4)39-28(25-11-9-8-10-12-25)32(31)40(35,36)26-19-13-22(5)14-20-26/h8-21,27-28H,6-7H2,1-5H3/t27-,28+/m0/s1. The second-order valence-electron chi connectivity index (χ2n) is 9.92. The Balaban J connectivity index is 2.06. The molecule has 40 heavy (non-hydrogen) atoms. The Morgan fingerprint density at radius 2 is 1.40 bits per heavy atom. The van der Waals surface area contributed by atoms with E-state index in [0.29, 0.717) is 11.1 Å². The van der Waals surface area contributed by atoms with Crippen molar-refractivity contribution in [3.05, 3.63) is 101 Å². The zero-order valence-corrected chi connectivity index (χ0v) is 24.2. The summed E-state index contributed by atoms with van der Waals surface area (Å²) in [6.45, 7) is 8.92. The van der Waals surface area contributed by atoms with Crippen molar-refractivity contribution in [2.24, 2.45) is 0 Å². The molecule has 4 rings (SSSR count). The summed E-state index contributed by atoms with van der Waals surface area (Å²) in [4.78, 5) is 28.0. The van der Waals surface area contributed by atoms with Crippen molar-refractivity contribution in [1.82, 2.24) is 4.31 Å². The van der Waals surface area contributed by atoms with Crippen LogP contribution in [0.3, 0.4) is 0 Å². The van der Waals surface area contributed by atoms with Gasteiger partial charge in [0, 0.05) is 0 Å². The molecule has 1 saturated heterocycles. The number of hydrogen-bond donors (Lipinski definition) is 0. The van der Waals surface area contributed by atoms with Crippen LogP contribution in [-0.4, -0.2) is 43.4 Å². The Labute approximate surface area is 235 Å². The Morgan fingerprint density at radius 3 is 1.90 bits per heavy atom. The van der Waals surface area contributed by atoms with Crippen LogP contribution in [0.5, 0.6) is 0 Å². The molecule has 0 bridgehead atoms. The summed E-state index contributed by atoms with van der Waals surface area (Å²) in [5, 5.41) is 0. The van der Waals surface area contributed by atoms with E-state index in [2.05, 4.69) is 0 Å². The molecule has 9 heteroatoms. The van der Waals surface area contributed by atoms with Gasteiger partial charge in [-0.05, 0) is 55.5 Å². The fraction of sp³-hybridized carbons (Fsp3) is 0.355. The van der Waals surface area contributed by atoms with Gasteiger partial charge in [0.1, 0.15) is 6.10 Å². The van der Waals surface area contributed by atoms with Crippen LogP contribution in [0.1, 0.15) is 68.2 Å². The average Bonchev–Trinajstić information content (AvgIpc) is 3.32. The van der Waals surface area contributed by atoms with E-state index >= 15 is 0 Å². The zero-order valence-electron chi connectivity index (χ0n) is 23.4. The van der Waals surface area contributed by atoms with Gasteiger partial charge in [-0.15, -0.1) is 4.31 Å². The van der Waals surface area contributed by atoms with E-state index in [1.165, 1.54) is 12.1 Å². The van der Waals surface area contributed by atoms with Crippen molar-refractivity contribution in [2.75, 3.05) is 13.2 Å². The Hall–Kier alpha value is -3.53. The number of aryl methyl sites for hydroxylation is 1. The molecule has 3 aromatic carbocycles. The second kappa shape index (κ2) is 11.9. The number of ether oxygens (including phenoxy) is 3. The monoisotopic (exact) mass is 565 g/mol. The quantitative estimate of drug-likeness (QED) is 0.251. The SMILES string of the molecule is CCOC(=O)C1(C(=O)OCC)[C@H](c2ccc(C(C)C)cc2)O[C@H](c2ccccc2)N1S(=O)(=O)c1ccc(C)cc1. The molecule has 0 spiro atoms. The third kappa shape index (κ3) is 5.16. The first kappa shape index (κ1) is 29.5. The maximum Gasteiger partial charge on any atom is 0.342 e. The van der Waals surface area contributed by atoms with E-state index in [0.717, 1.165) is 15.4 Å². The molecule has 1 fully saturated rings. The lowest BCUT2D eigenvalue weighted by atomic mass is 9.87. The van der Waals surface area contributed by atoms with Crippen LogP contribution in [0.25, 0.3) is 0 Å². The first-order chi connectivity index (χ1) is 19.1. The molecule has 0 amide bonds.